The molecule has 0 unspecified atom stereocenters. The van der Waals surface area contributed by atoms with Crippen molar-refractivity contribution in [1.82, 2.24) is 9.97 Å². The van der Waals surface area contributed by atoms with Gasteiger partial charge in [0.05, 0.1) is 30.2 Å². The second kappa shape index (κ2) is 9.38. The number of rotatable bonds is 7. The van der Waals surface area contributed by atoms with Crippen molar-refractivity contribution in [3.63, 3.8) is 0 Å². The third-order valence-corrected chi connectivity index (χ3v) is 5.01. The van der Waals surface area contributed by atoms with Crippen molar-refractivity contribution in [3.8, 4) is 5.75 Å². The van der Waals surface area contributed by atoms with E-state index in [9.17, 15) is 14.9 Å². The molecule has 1 aliphatic heterocycles. The molecular weight excluding hydrogens is 390 g/mol. The van der Waals surface area contributed by atoms with Crippen molar-refractivity contribution in [2.45, 2.75) is 26.7 Å². The van der Waals surface area contributed by atoms with Crippen molar-refractivity contribution in [3.05, 3.63) is 40.2 Å². The van der Waals surface area contributed by atoms with Gasteiger partial charge in [0, 0.05) is 13.1 Å². The summed E-state index contributed by atoms with van der Waals surface area (Å²) in [6.07, 6.45) is 2.40. The summed E-state index contributed by atoms with van der Waals surface area (Å²) in [7, 11) is 1.53. The average molecular weight is 415 g/mol. The molecular formula is C20H25N5O5. The molecule has 1 aromatic heterocycles. The van der Waals surface area contributed by atoms with Crippen LogP contribution >= 0.6 is 0 Å². The molecule has 2 heterocycles. The summed E-state index contributed by atoms with van der Waals surface area (Å²) in [6, 6.07) is 5.50. The number of ether oxygens (including phenoxy) is 2. The minimum atomic E-state index is -0.489. The number of carbonyl (C=O) groups is 1. The topological polar surface area (TPSA) is 120 Å². The molecule has 0 radical (unpaired) electrons. The fraction of sp³-hybridized carbons (Fsp3) is 0.450. The lowest BCUT2D eigenvalue weighted by atomic mass is 9.97. The molecule has 1 fully saturated rings. The molecule has 1 aromatic carbocycles. The SMILES string of the molecule is CCOC(=O)C1CCN(c2ncnc(Nc3cc(C)ccc3OC)c2[N+](=O)[O-])CC1. The summed E-state index contributed by atoms with van der Waals surface area (Å²) in [4.78, 5) is 33.5. The van der Waals surface area contributed by atoms with Gasteiger partial charge in [-0.25, -0.2) is 9.97 Å². The number of hydrogen-bond donors (Lipinski definition) is 1. The minimum absolute atomic E-state index is 0.0846. The number of carbonyl (C=O) groups excluding carboxylic acids is 1. The number of piperidine rings is 1. The lowest BCUT2D eigenvalue weighted by Crippen LogP contribution is -2.37. The highest BCUT2D eigenvalue weighted by atomic mass is 16.6. The summed E-state index contributed by atoms with van der Waals surface area (Å²) >= 11 is 0. The zero-order valence-electron chi connectivity index (χ0n) is 17.3. The van der Waals surface area contributed by atoms with Gasteiger partial charge < -0.3 is 19.7 Å². The molecule has 0 bridgehead atoms. The molecule has 160 valence electrons. The Bertz CT molecular complexity index is 928. The van der Waals surface area contributed by atoms with Gasteiger partial charge in [0.1, 0.15) is 12.1 Å². The summed E-state index contributed by atoms with van der Waals surface area (Å²) in [5.74, 6) is 0.442. The van der Waals surface area contributed by atoms with E-state index < -0.39 is 4.92 Å². The van der Waals surface area contributed by atoms with E-state index >= 15 is 0 Å². The molecule has 10 heteroatoms. The number of nitrogens with one attached hydrogen (secondary N) is 1. The molecule has 10 nitrogen and oxygen atoms in total. The summed E-state index contributed by atoms with van der Waals surface area (Å²) in [5.41, 5.74) is 1.33. The van der Waals surface area contributed by atoms with Crippen LogP contribution in [0.5, 0.6) is 5.75 Å². The number of aryl methyl sites for hydroxylation is 1. The van der Waals surface area contributed by atoms with Gasteiger partial charge in [-0.15, -0.1) is 0 Å². The summed E-state index contributed by atoms with van der Waals surface area (Å²) in [5, 5.41) is 14.9. The largest absolute Gasteiger partial charge is 0.495 e. The Morgan fingerprint density at radius 3 is 2.70 bits per heavy atom. The maximum atomic E-state index is 12.0. The molecule has 3 rings (SSSR count). The van der Waals surface area contributed by atoms with Crippen LogP contribution < -0.4 is 15.0 Å². The van der Waals surface area contributed by atoms with E-state index in [2.05, 4.69) is 15.3 Å². The number of methoxy groups -OCH3 is 1. The number of nitro groups is 1. The van der Waals surface area contributed by atoms with Crippen LogP contribution in [0, 0.1) is 23.0 Å². The smallest absolute Gasteiger partial charge is 0.353 e. The molecule has 0 spiro atoms. The van der Waals surface area contributed by atoms with Crippen molar-refractivity contribution in [2.24, 2.45) is 5.92 Å². The zero-order valence-corrected chi connectivity index (χ0v) is 17.3. The van der Waals surface area contributed by atoms with Crippen LogP contribution in [0.4, 0.5) is 23.0 Å². The van der Waals surface area contributed by atoms with Gasteiger partial charge in [-0.2, -0.15) is 0 Å². The first-order valence-electron chi connectivity index (χ1n) is 9.77. The zero-order chi connectivity index (χ0) is 21.7. The van der Waals surface area contributed by atoms with Crippen LogP contribution in [0.1, 0.15) is 25.3 Å². The van der Waals surface area contributed by atoms with Gasteiger partial charge in [0.15, 0.2) is 0 Å². The first-order valence-corrected chi connectivity index (χ1v) is 9.77. The van der Waals surface area contributed by atoms with Gasteiger partial charge in [-0.3, -0.25) is 14.9 Å². The standard InChI is InChI=1S/C20H25N5O5/c1-4-30-20(26)14-7-9-24(10-8-14)19-17(25(27)28)18(21-12-22-19)23-15-11-13(2)5-6-16(15)29-3/h5-6,11-12,14H,4,7-10H2,1-3H3,(H,21,22,23). The Kier molecular flexibility index (Phi) is 6.65. The van der Waals surface area contributed by atoms with E-state index in [1.807, 2.05) is 24.0 Å². The first kappa shape index (κ1) is 21.3. The molecule has 0 aliphatic carbocycles. The third-order valence-electron chi connectivity index (χ3n) is 5.01. The highest BCUT2D eigenvalue weighted by Gasteiger charge is 2.32. The predicted octanol–water partition coefficient (Wildman–Crippen LogP) is 3.22. The third kappa shape index (κ3) is 4.58. The normalized spacial score (nSPS) is 14.3. The van der Waals surface area contributed by atoms with Crippen molar-refractivity contribution in [2.75, 3.05) is 37.0 Å². The van der Waals surface area contributed by atoms with Gasteiger partial charge in [0.2, 0.25) is 11.6 Å². The Balaban J connectivity index is 1.87. The molecule has 0 atom stereocenters. The van der Waals surface area contributed by atoms with E-state index in [4.69, 9.17) is 9.47 Å². The predicted molar refractivity (Wildman–Crippen MR) is 111 cm³/mol. The quantitative estimate of drug-likeness (QED) is 0.413. The number of anilines is 3. The fourth-order valence-corrected chi connectivity index (χ4v) is 3.49. The number of aromatic nitrogens is 2. The van der Waals surface area contributed by atoms with Crippen molar-refractivity contribution >= 4 is 29.0 Å². The van der Waals surface area contributed by atoms with E-state index in [0.29, 0.717) is 44.0 Å². The van der Waals surface area contributed by atoms with Crippen LogP contribution in [0.15, 0.2) is 24.5 Å². The maximum absolute atomic E-state index is 12.0. The second-order valence-electron chi connectivity index (χ2n) is 6.99. The van der Waals surface area contributed by atoms with Crippen LogP contribution in [0.25, 0.3) is 0 Å². The monoisotopic (exact) mass is 415 g/mol. The molecule has 1 N–H and O–H groups in total. The first-order chi connectivity index (χ1) is 14.4. The average Bonchev–Trinajstić information content (AvgIpc) is 2.74. The van der Waals surface area contributed by atoms with E-state index in [1.165, 1.54) is 13.4 Å². The molecule has 1 aliphatic rings. The fourth-order valence-electron chi connectivity index (χ4n) is 3.49. The molecule has 1 saturated heterocycles. The van der Waals surface area contributed by atoms with Crippen LogP contribution in [0.2, 0.25) is 0 Å². The minimum Gasteiger partial charge on any atom is -0.495 e. The summed E-state index contributed by atoms with van der Waals surface area (Å²) < 4.78 is 10.4. The van der Waals surface area contributed by atoms with Crippen LogP contribution in [0.3, 0.4) is 0 Å². The Labute approximate surface area is 174 Å². The van der Waals surface area contributed by atoms with E-state index in [1.54, 1.807) is 13.0 Å². The molecule has 2 aromatic rings. The lowest BCUT2D eigenvalue weighted by Gasteiger charge is -2.31. The van der Waals surface area contributed by atoms with Crippen LogP contribution in [-0.2, 0) is 9.53 Å². The van der Waals surface area contributed by atoms with Gasteiger partial charge in [-0.05, 0) is 44.4 Å². The molecule has 0 saturated carbocycles. The Hall–Kier alpha value is -3.43. The van der Waals surface area contributed by atoms with E-state index in [0.717, 1.165) is 5.56 Å². The van der Waals surface area contributed by atoms with Gasteiger partial charge in [0.25, 0.3) is 0 Å². The van der Waals surface area contributed by atoms with Gasteiger partial charge in [-0.1, -0.05) is 6.07 Å². The number of esters is 1. The second-order valence-corrected chi connectivity index (χ2v) is 6.99. The van der Waals surface area contributed by atoms with Crippen molar-refractivity contribution in [1.29, 1.82) is 0 Å². The lowest BCUT2D eigenvalue weighted by molar-refractivity contribution is -0.383. The maximum Gasteiger partial charge on any atom is 0.353 e. The number of hydrogen-bond acceptors (Lipinski definition) is 9. The van der Waals surface area contributed by atoms with Gasteiger partial charge >= 0.3 is 11.7 Å². The Morgan fingerprint density at radius 2 is 2.07 bits per heavy atom. The molecule has 0 amide bonds. The number of benzene rings is 1. The Morgan fingerprint density at radius 1 is 1.33 bits per heavy atom. The van der Waals surface area contributed by atoms with E-state index in [-0.39, 0.29) is 29.2 Å². The number of nitrogens with zero attached hydrogens (tertiary/aromatic N) is 4. The highest BCUT2D eigenvalue weighted by Crippen LogP contribution is 2.37. The van der Waals surface area contributed by atoms with Crippen LogP contribution in [-0.4, -0.2) is 47.7 Å². The summed E-state index contributed by atoms with van der Waals surface area (Å²) in [6.45, 7) is 4.96. The molecule has 30 heavy (non-hydrogen) atoms. The highest BCUT2D eigenvalue weighted by molar-refractivity contribution is 5.77. The van der Waals surface area contributed by atoms with Crippen molar-refractivity contribution < 1.29 is 19.2 Å².